The Balaban J connectivity index is 1.44. The lowest BCUT2D eigenvalue weighted by molar-refractivity contribution is -0.130. The molecule has 2 aliphatic rings. The summed E-state index contributed by atoms with van der Waals surface area (Å²) in [6, 6.07) is 0. The van der Waals surface area contributed by atoms with Crippen molar-refractivity contribution in [3.8, 4) is 0 Å². The topological polar surface area (TPSA) is 41.4 Å². The van der Waals surface area contributed by atoms with Crippen LogP contribution in [0.5, 0.6) is 0 Å². The molecule has 22 heavy (non-hydrogen) atoms. The zero-order chi connectivity index (χ0) is 15.4. The van der Waals surface area contributed by atoms with E-state index in [1.807, 2.05) is 12.4 Å². The first-order chi connectivity index (χ1) is 10.7. The van der Waals surface area contributed by atoms with Gasteiger partial charge in [0.25, 0.3) is 0 Å². The molecule has 1 aromatic rings. The summed E-state index contributed by atoms with van der Waals surface area (Å²) in [6.45, 7) is 5.16. The van der Waals surface area contributed by atoms with Crippen LogP contribution in [-0.2, 0) is 18.4 Å². The smallest absolute Gasteiger partial charge is 0.222 e. The molecule has 2 saturated heterocycles. The molecule has 0 N–H and O–H groups in total. The number of piperidine rings is 1. The van der Waals surface area contributed by atoms with Crippen LogP contribution in [0.15, 0.2) is 12.4 Å². The SMILES string of the molecule is Cn1ccnc1CN1CCC[C@@H](CCC(=O)N2CCCC2)C1. The summed E-state index contributed by atoms with van der Waals surface area (Å²) in [5.41, 5.74) is 0. The predicted molar refractivity (Wildman–Crippen MR) is 86.3 cm³/mol. The molecule has 0 aromatic carbocycles. The third-order valence-corrected chi connectivity index (χ3v) is 5.11. The monoisotopic (exact) mass is 304 g/mol. The van der Waals surface area contributed by atoms with Crippen molar-refractivity contribution in [3.63, 3.8) is 0 Å². The fourth-order valence-corrected chi connectivity index (χ4v) is 3.73. The van der Waals surface area contributed by atoms with Crippen LogP contribution in [0.4, 0.5) is 0 Å². The number of hydrogen-bond acceptors (Lipinski definition) is 3. The Morgan fingerprint density at radius 1 is 1.27 bits per heavy atom. The Bertz CT molecular complexity index is 493. The van der Waals surface area contributed by atoms with Gasteiger partial charge < -0.3 is 9.47 Å². The molecular formula is C17H28N4O. The summed E-state index contributed by atoms with van der Waals surface area (Å²) in [5.74, 6) is 2.17. The minimum absolute atomic E-state index is 0.374. The summed E-state index contributed by atoms with van der Waals surface area (Å²) in [7, 11) is 2.05. The van der Waals surface area contributed by atoms with Crippen LogP contribution in [0.1, 0.15) is 44.3 Å². The van der Waals surface area contributed by atoms with Gasteiger partial charge in [-0.2, -0.15) is 0 Å². The van der Waals surface area contributed by atoms with Gasteiger partial charge in [-0.3, -0.25) is 9.69 Å². The molecule has 1 amide bonds. The average molecular weight is 304 g/mol. The Kier molecular flexibility index (Phi) is 5.13. The van der Waals surface area contributed by atoms with Gasteiger partial charge >= 0.3 is 0 Å². The number of nitrogens with zero attached hydrogens (tertiary/aromatic N) is 4. The highest BCUT2D eigenvalue weighted by molar-refractivity contribution is 5.76. The molecule has 5 heteroatoms. The highest BCUT2D eigenvalue weighted by Gasteiger charge is 2.23. The largest absolute Gasteiger partial charge is 0.343 e. The molecule has 0 bridgehead atoms. The molecule has 122 valence electrons. The maximum atomic E-state index is 12.2. The number of amides is 1. The highest BCUT2D eigenvalue weighted by Crippen LogP contribution is 2.23. The van der Waals surface area contributed by atoms with Gasteiger partial charge in [0.15, 0.2) is 0 Å². The summed E-state index contributed by atoms with van der Waals surface area (Å²) in [5, 5.41) is 0. The zero-order valence-corrected chi connectivity index (χ0v) is 13.7. The normalized spacial score (nSPS) is 23.1. The van der Waals surface area contributed by atoms with E-state index in [1.54, 1.807) is 0 Å². The Morgan fingerprint density at radius 3 is 2.82 bits per heavy atom. The molecule has 0 saturated carbocycles. The van der Waals surface area contributed by atoms with Gasteiger partial charge in [0.05, 0.1) is 6.54 Å². The molecule has 1 atom stereocenters. The lowest BCUT2D eigenvalue weighted by atomic mass is 9.93. The third kappa shape index (κ3) is 3.88. The second kappa shape index (κ2) is 7.27. The molecule has 2 aliphatic heterocycles. The van der Waals surface area contributed by atoms with Crippen LogP contribution in [0.25, 0.3) is 0 Å². The molecule has 0 radical (unpaired) electrons. The molecule has 0 unspecified atom stereocenters. The van der Waals surface area contributed by atoms with Crippen molar-refractivity contribution < 1.29 is 4.79 Å². The maximum Gasteiger partial charge on any atom is 0.222 e. The van der Waals surface area contributed by atoms with Crippen molar-refractivity contribution in [2.75, 3.05) is 26.2 Å². The minimum Gasteiger partial charge on any atom is -0.343 e. The number of rotatable bonds is 5. The molecule has 2 fully saturated rings. The minimum atomic E-state index is 0.374. The summed E-state index contributed by atoms with van der Waals surface area (Å²) in [4.78, 5) is 21.1. The van der Waals surface area contributed by atoms with E-state index in [1.165, 1.54) is 25.7 Å². The van der Waals surface area contributed by atoms with Gasteiger partial charge in [-0.1, -0.05) is 0 Å². The molecule has 0 aliphatic carbocycles. The van der Waals surface area contributed by atoms with Crippen molar-refractivity contribution >= 4 is 5.91 Å². The third-order valence-electron chi connectivity index (χ3n) is 5.11. The summed E-state index contributed by atoms with van der Waals surface area (Å²) in [6.07, 6.45) is 10.5. The summed E-state index contributed by atoms with van der Waals surface area (Å²) < 4.78 is 2.10. The number of likely N-dealkylation sites (tertiary alicyclic amines) is 2. The van der Waals surface area contributed by atoms with Crippen molar-refractivity contribution in [2.45, 2.75) is 45.1 Å². The van der Waals surface area contributed by atoms with E-state index in [-0.39, 0.29) is 0 Å². The fourth-order valence-electron chi connectivity index (χ4n) is 3.73. The van der Waals surface area contributed by atoms with Gasteiger partial charge in [0.2, 0.25) is 5.91 Å². The van der Waals surface area contributed by atoms with E-state index < -0.39 is 0 Å². The van der Waals surface area contributed by atoms with E-state index >= 15 is 0 Å². The van der Waals surface area contributed by atoms with Crippen molar-refractivity contribution in [1.82, 2.24) is 19.4 Å². The van der Waals surface area contributed by atoms with Crippen LogP contribution >= 0.6 is 0 Å². The van der Waals surface area contributed by atoms with Crippen molar-refractivity contribution in [2.24, 2.45) is 13.0 Å². The van der Waals surface area contributed by atoms with Crippen LogP contribution < -0.4 is 0 Å². The second-order valence-electron chi connectivity index (χ2n) is 6.82. The first kappa shape index (κ1) is 15.5. The van der Waals surface area contributed by atoms with Gasteiger partial charge in [0, 0.05) is 45.5 Å². The number of hydrogen-bond donors (Lipinski definition) is 0. The molecule has 1 aromatic heterocycles. The van der Waals surface area contributed by atoms with E-state index in [2.05, 4.69) is 26.4 Å². The Labute approximate surface area is 133 Å². The van der Waals surface area contributed by atoms with Gasteiger partial charge in [0.1, 0.15) is 5.82 Å². The van der Waals surface area contributed by atoms with Crippen molar-refractivity contribution in [1.29, 1.82) is 0 Å². The second-order valence-corrected chi connectivity index (χ2v) is 6.82. The summed E-state index contributed by atoms with van der Waals surface area (Å²) >= 11 is 0. The zero-order valence-electron chi connectivity index (χ0n) is 13.7. The standard InChI is InChI=1S/C17H28N4O/c1-19-12-8-18-16(19)14-20-9-4-5-15(13-20)6-7-17(22)21-10-2-3-11-21/h8,12,15H,2-7,9-11,13-14H2,1H3/t15-/m0/s1. The Hall–Kier alpha value is -1.36. The maximum absolute atomic E-state index is 12.2. The van der Waals surface area contributed by atoms with E-state index in [4.69, 9.17) is 0 Å². The van der Waals surface area contributed by atoms with Gasteiger partial charge in [-0.05, 0) is 44.6 Å². The number of carbonyl (C=O) groups excluding carboxylic acids is 1. The highest BCUT2D eigenvalue weighted by atomic mass is 16.2. The average Bonchev–Trinajstić information content (AvgIpc) is 3.18. The number of aromatic nitrogens is 2. The van der Waals surface area contributed by atoms with Crippen LogP contribution in [0.2, 0.25) is 0 Å². The first-order valence-corrected chi connectivity index (χ1v) is 8.68. The lowest BCUT2D eigenvalue weighted by Gasteiger charge is -2.32. The van der Waals surface area contributed by atoms with Crippen molar-refractivity contribution in [3.05, 3.63) is 18.2 Å². The number of aryl methyl sites for hydroxylation is 1. The molecule has 0 spiro atoms. The predicted octanol–water partition coefficient (Wildman–Crippen LogP) is 2.03. The fraction of sp³-hybridized carbons (Fsp3) is 0.765. The quantitative estimate of drug-likeness (QED) is 0.836. The van der Waals surface area contributed by atoms with E-state index in [9.17, 15) is 4.79 Å². The lowest BCUT2D eigenvalue weighted by Crippen LogP contribution is -2.36. The van der Waals surface area contributed by atoms with Gasteiger partial charge in [-0.25, -0.2) is 4.98 Å². The molecular weight excluding hydrogens is 276 g/mol. The van der Waals surface area contributed by atoms with Crippen LogP contribution in [0.3, 0.4) is 0 Å². The molecule has 3 rings (SSSR count). The molecule has 5 nitrogen and oxygen atoms in total. The van der Waals surface area contributed by atoms with E-state index in [0.717, 1.165) is 51.4 Å². The number of carbonyl (C=O) groups is 1. The Morgan fingerprint density at radius 2 is 2.09 bits per heavy atom. The number of imidazole rings is 1. The van der Waals surface area contributed by atoms with Crippen LogP contribution in [0, 0.1) is 5.92 Å². The first-order valence-electron chi connectivity index (χ1n) is 8.68. The van der Waals surface area contributed by atoms with Crippen LogP contribution in [-0.4, -0.2) is 51.4 Å². The van der Waals surface area contributed by atoms with Gasteiger partial charge in [-0.15, -0.1) is 0 Å². The molecule has 3 heterocycles. The van der Waals surface area contributed by atoms with E-state index in [0.29, 0.717) is 11.8 Å².